The summed E-state index contributed by atoms with van der Waals surface area (Å²) in [5, 5.41) is 0. The summed E-state index contributed by atoms with van der Waals surface area (Å²) < 4.78 is 17.6. The Morgan fingerprint density at radius 3 is 2.42 bits per heavy atom. The lowest BCUT2D eigenvalue weighted by molar-refractivity contribution is 0.0224. The zero-order valence-electron chi connectivity index (χ0n) is 14.4. The fourth-order valence-electron chi connectivity index (χ4n) is 3.89. The Morgan fingerprint density at radius 2 is 1.62 bits per heavy atom. The Bertz CT molecular complexity index is 1070. The molecule has 1 atom stereocenters. The molecule has 1 unspecified atom stereocenters. The Hall–Kier alpha value is -3.27. The van der Waals surface area contributed by atoms with Gasteiger partial charge in [0.25, 0.3) is 0 Å². The van der Waals surface area contributed by atoms with Gasteiger partial charge in [0, 0.05) is 22.8 Å². The van der Waals surface area contributed by atoms with E-state index in [-0.39, 0.29) is 5.97 Å². The summed E-state index contributed by atoms with van der Waals surface area (Å²) in [6, 6.07) is 19.1. The standard InChI is InChI=1S/C22H16O4/c1-13-7-9-17-19(11-13)25-20-12-14(24-2)8-10-18(20)22(17)16-6-4-3-5-15(16)21(23)26-22/h3-12H,1-2H3. The number of carbonyl (C=O) groups is 1. The second-order valence-corrected chi connectivity index (χ2v) is 6.58. The van der Waals surface area contributed by atoms with Crippen LogP contribution in [0.1, 0.15) is 32.6 Å². The molecule has 0 bridgehead atoms. The van der Waals surface area contributed by atoms with Crippen LogP contribution < -0.4 is 9.47 Å². The first kappa shape index (κ1) is 15.0. The van der Waals surface area contributed by atoms with Crippen molar-refractivity contribution in [2.24, 2.45) is 0 Å². The van der Waals surface area contributed by atoms with Gasteiger partial charge in [-0.3, -0.25) is 0 Å². The van der Waals surface area contributed by atoms with Crippen molar-refractivity contribution in [2.75, 3.05) is 7.11 Å². The minimum absolute atomic E-state index is 0.323. The Kier molecular flexibility index (Phi) is 2.95. The smallest absolute Gasteiger partial charge is 0.340 e. The maximum absolute atomic E-state index is 12.7. The fraction of sp³-hybridized carbons (Fsp3) is 0.136. The first-order chi connectivity index (χ1) is 12.6. The number of carbonyl (C=O) groups excluding carboxylic acids is 1. The van der Waals surface area contributed by atoms with Crippen molar-refractivity contribution in [3.05, 3.63) is 88.5 Å². The third-order valence-electron chi connectivity index (χ3n) is 5.08. The highest BCUT2D eigenvalue weighted by molar-refractivity contribution is 5.97. The molecule has 4 nitrogen and oxygen atoms in total. The molecule has 2 aliphatic heterocycles. The zero-order chi connectivity index (χ0) is 17.9. The normalized spacial score (nSPS) is 19.2. The van der Waals surface area contributed by atoms with Gasteiger partial charge in [-0.1, -0.05) is 30.3 Å². The van der Waals surface area contributed by atoms with Crippen LogP contribution in [-0.2, 0) is 10.3 Å². The molecule has 2 heterocycles. The highest BCUT2D eigenvalue weighted by Gasteiger charge is 2.53. The largest absolute Gasteiger partial charge is 0.497 e. The van der Waals surface area contributed by atoms with Gasteiger partial charge in [0.2, 0.25) is 0 Å². The van der Waals surface area contributed by atoms with Crippen LogP contribution in [0.3, 0.4) is 0 Å². The van der Waals surface area contributed by atoms with Crippen LogP contribution >= 0.6 is 0 Å². The Balaban J connectivity index is 1.88. The van der Waals surface area contributed by atoms with E-state index in [1.165, 1.54) is 0 Å². The fourth-order valence-corrected chi connectivity index (χ4v) is 3.89. The molecule has 26 heavy (non-hydrogen) atoms. The molecule has 1 spiro atoms. The lowest BCUT2D eigenvalue weighted by Crippen LogP contribution is -2.33. The summed E-state index contributed by atoms with van der Waals surface area (Å²) in [7, 11) is 1.61. The number of methoxy groups -OCH3 is 1. The van der Waals surface area contributed by atoms with Gasteiger partial charge in [-0.05, 0) is 36.8 Å². The molecule has 3 aromatic carbocycles. The highest BCUT2D eigenvalue weighted by Crippen LogP contribution is 2.56. The van der Waals surface area contributed by atoms with Crippen molar-refractivity contribution >= 4 is 5.97 Å². The molecule has 4 heteroatoms. The minimum Gasteiger partial charge on any atom is -0.497 e. The molecule has 0 saturated heterocycles. The van der Waals surface area contributed by atoms with Crippen molar-refractivity contribution in [1.29, 1.82) is 0 Å². The average Bonchev–Trinajstić information content (AvgIpc) is 2.95. The predicted molar refractivity (Wildman–Crippen MR) is 96.0 cm³/mol. The monoisotopic (exact) mass is 344 g/mol. The second kappa shape index (κ2) is 5.11. The first-order valence-electron chi connectivity index (χ1n) is 8.44. The quantitative estimate of drug-likeness (QED) is 0.607. The van der Waals surface area contributed by atoms with Gasteiger partial charge in [-0.25, -0.2) is 4.79 Å². The SMILES string of the molecule is COc1ccc2c(c1)Oc1cc(C)ccc1C21OC(=O)c2ccccc21. The summed E-state index contributed by atoms with van der Waals surface area (Å²) in [4.78, 5) is 12.7. The molecule has 0 saturated carbocycles. The third-order valence-corrected chi connectivity index (χ3v) is 5.08. The van der Waals surface area contributed by atoms with E-state index in [0.717, 1.165) is 22.3 Å². The first-order valence-corrected chi connectivity index (χ1v) is 8.44. The van der Waals surface area contributed by atoms with Crippen molar-refractivity contribution in [1.82, 2.24) is 0 Å². The average molecular weight is 344 g/mol. The van der Waals surface area contributed by atoms with Gasteiger partial charge in [0.15, 0.2) is 5.60 Å². The zero-order valence-corrected chi connectivity index (χ0v) is 14.4. The molecule has 0 aliphatic carbocycles. The number of rotatable bonds is 1. The molecule has 2 aliphatic rings. The Labute approximate surface area is 150 Å². The van der Waals surface area contributed by atoms with Gasteiger partial charge in [-0.15, -0.1) is 0 Å². The van der Waals surface area contributed by atoms with Gasteiger partial charge < -0.3 is 14.2 Å². The summed E-state index contributed by atoms with van der Waals surface area (Å²) in [5.74, 6) is 1.69. The van der Waals surface area contributed by atoms with Crippen LogP contribution in [-0.4, -0.2) is 13.1 Å². The van der Waals surface area contributed by atoms with Crippen LogP contribution in [0.4, 0.5) is 0 Å². The predicted octanol–water partition coefficient (Wildman–Crippen LogP) is 4.57. The van der Waals surface area contributed by atoms with Crippen molar-refractivity contribution in [3.63, 3.8) is 0 Å². The number of aryl methyl sites for hydroxylation is 1. The van der Waals surface area contributed by atoms with Gasteiger partial charge in [-0.2, -0.15) is 0 Å². The molecular weight excluding hydrogens is 328 g/mol. The van der Waals surface area contributed by atoms with E-state index in [9.17, 15) is 4.79 Å². The molecule has 0 N–H and O–H groups in total. The number of esters is 1. The van der Waals surface area contributed by atoms with E-state index >= 15 is 0 Å². The molecule has 0 aromatic heterocycles. The number of fused-ring (bicyclic) bond motifs is 6. The number of benzene rings is 3. The van der Waals surface area contributed by atoms with E-state index in [0.29, 0.717) is 22.8 Å². The van der Waals surface area contributed by atoms with E-state index in [1.54, 1.807) is 13.2 Å². The number of hydrogen-bond acceptors (Lipinski definition) is 4. The van der Waals surface area contributed by atoms with Crippen molar-refractivity contribution < 1.29 is 19.0 Å². The van der Waals surface area contributed by atoms with Gasteiger partial charge in [0.1, 0.15) is 17.2 Å². The maximum atomic E-state index is 12.7. The number of ether oxygens (including phenoxy) is 3. The van der Waals surface area contributed by atoms with Gasteiger partial charge >= 0.3 is 5.97 Å². The molecule has 0 radical (unpaired) electrons. The van der Waals surface area contributed by atoms with Crippen LogP contribution in [0, 0.1) is 6.92 Å². The highest BCUT2D eigenvalue weighted by atomic mass is 16.6. The number of hydrogen-bond donors (Lipinski definition) is 0. The van der Waals surface area contributed by atoms with Gasteiger partial charge in [0.05, 0.1) is 12.7 Å². The minimum atomic E-state index is -1.00. The van der Waals surface area contributed by atoms with E-state index < -0.39 is 5.60 Å². The molecule has 5 rings (SSSR count). The molecule has 0 fully saturated rings. The lowest BCUT2D eigenvalue weighted by Gasteiger charge is -2.36. The summed E-state index contributed by atoms with van der Waals surface area (Å²) >= 11 is 0. The van der Waals surface area contributed by atoms with Crippen molar-refractivity contribution in [3.8, 4) is 17.2 Å². The molecule has 0 amide bonds. The molecule has 128 valence electrons. The van der Waals surface area contributed by atoms with E-state index in [2.05, 4.69) is 0 Å². The van der Waals surface area contributed by atoms with E-state index in [4.69, 9.17) is 14.2 Å². The summed E-state index contributed by atoms with van der Waals surface area (Å²) in [5.41, 5.74) is 3.12. The Morgan fingerprint density at radius 1 is 0.885 bits per heavy atom. The van der Waals surface area contributed by atoms with Crippen LogP contribution in [0.25, 0.3) is 0 Å². The maximum Gasteiger partial charge on any atom is 0.340 e. The van der Waals surface area contributed by atoms with Crippen LogP contribution in [0.15, 0.2) is 60.7 Å². The van der Waals surface area contributed by atoms with Crippen LogP contribution in [0.2, 0.25) is 0 Å². The second-order valence-electron chi connectivity index (χ2n) is 6.58. The summed E-state index contributed by atoms with van der Waals surface area (Å²) in [6.07, 6.45) is 0. The third kappa shape index (κ3) is 1.81. The van der Waals surface area contributed by atoms with E-state index in [1.807, 2.05) is 61.5 Å². The lowest BCUT2D eigenvalue weighted by atomic mass is 9.77. The molecule has 3 aromatic rings. The summed E-state index contributed by atoms with van der Waals surface area (Å²) in [6.45, 7) is 2.01. The van der Waals surface area contributed by atoms with Crippen LogP contribution in [0.5, 0.6) is 17.2 Å². The molecular formula is C22H16O4. The topological polar surface area (TPSA) is 44.8 Å². The van der Waals surface area contributed by atoms with Crippen molar-refractivity contribution in [2.45, 2.75) is 12.5 Å².